The Morgan fingerprint density at radius 3 is 3.12 bits per heavy atom. The summed E-state index contributed by atoms with van der Waals surface area (Å²) in [7, 11) is 1.76. The molecule has 1 N–H and O–H groups in total. The SMILES string of the molecule is CNC1C(=O)N(Cc2ccno2)CCOC1C. The van der Waals surface area contributed by atoms with Gasteiger partial charge in [-0.25, -0.2) is 0 Å². The number of ether oxygens (including phenoxy) is 1. The second-order valence-corrected chi connectivity index (χ2v) is 4.08. The number of nitrogens with one attached hydrogen (secondary N) is 1. The van der Waals surface area contributed by atoms with Gasteiger partial charge in [-0.15, -0.1) is 0 Å². The maximum atomic E-state index is 12.2. The van der Waals surface area contributed by atoms with Crippen molar-refractivity contribution in [1.82, 2.24) is 15.4 Å². The van der Waals surface area contributed by atoms with Gasteiger partial charge in [-0.1, -0.05) is 5.16 Å². The van der Waals surface area contributed by atoms with Crippen LogP contribution in [0.4, 0.5) is 0 Å². The first kappa shape index (κ1) is 12.1. The Balaban J connectivity index is 2.08. The van der Waals surface area contributed by atoms with E-state index in [9.17, 15) is 4.79 Å². The Morgan fingerprint density at radius 1 is 1.65 bits per heavy atom. The molecule has 6 nitrogen and oxygen atoms in total. The van der Waals surface area contributed by atoms with Crippen LogP contribution in [0.3, 0.4) is 0 Å². The molecule has 94 valence electrons. The summed E-state index contributed by atoms with van der Waals surface area (Å²) in [5, 5.41) is 6.62. The monoisotopic (exact) mass is 239 g/mol. The van der Waals surface area contributed by atoms with E-state index in [-0.39, 0.29) is 18.1 Å². The van der Waals surface area contributed by atoms with Crippen LogP contribution in [0.5, 0.6) is 0 Å². The number of amides is 1. The number of carbonyl (C=O) groups is 1. The van der Waals surface area contributed by atoms with Gasteiger partial charge in [0.05, 0.1) is 25.5 Å². The van der Waals surface area contributed by atoms with Gasteiger partial charge >= 0.3 is 0 Å². The molecule has 2 unspecified atom stereocenters. The highest BCUT2D eigenvalue weighted by Crippen LogP contribution is 2.12. The largest absolute Gasteiger partial charge is 0.374 e. The van der Waals surface area contributed by atoms with E-state index in [1.165, 1.54) is 0 Å². The van der Waals surface area contributed by atoms with Crippen LogP contribution in [0.15, 0.2) is 16.8 Å². The summed E-state index contributed by atoms with van der Waals surface area (Å²) in [4.78, 5) is 14.0. The summed E-state index contributed by atoms with van der Waals surface area (Å²) in [5.41, 5.74) is 0. The second kappa shape index (κ2) is 5.29. The lowest BCUT2D eigenvalue weighted by Gasteiger charge is -2.24. The zero-order valence-corrected chi connectivity index (χ0v) is 10.0. The van der Waals surface area contributed by atoms with E-state index in [0.717, 1.165) is 0 Å². The van der Waals surface area contributed by atoms with E-state index < -0.39 is 0 Å². The second-order valence-electron chi connectivity index (χ2n) is 4.08. The number of likely N-dealkylation sites (N-methyl/N-ethyl adjacent to an activating group) is 1. The van der Waals surface area contributed by atoms with Crippen molar-refractivity contribution >= 4 is 5.91 Å². The molecular weight excluding hydrogens is 222 g/mol. The minimum Gasteiger partial charge on any atom is -0.374 e. The molecule has 2 rings (SSSR count). The average Bonchev–Trinajstić information content (AvgIpc) is 2.76. The van der Waals surface area contributed by atoms with E-state index in [4.69, 9.17) is 9.26 Å². The lowest BCUT2D eigenvalue weighted by Crippen LogP contribution is -2.48. The van der Waals surface area contributed by atoms with Gasteiger partial charge in [-0.3, -0.25) is 4.79 Å². The molecular formula is C11H17N3O3. The zero-order chi connectivity index (χ0) is 12.3. The third kappa shape index (κ3) is 2.65. The Morgan fingerprint density at radius 2 is 2.47 bits per heavy atom. The first-order chi connectivity index (χ1) is 8.22. The van der Waals surface area contributed by atoms with E-state index >= 15 is 0 Å². The van der Waals surface area contributed by atoms with Crippen molar-refractivity contribution in [3.63, 3.8) is 0 Å². The summed E-state index contributed by atoms with van der Waals surface area (Å²) >= 11 is 0. The van der Waals surface area contributed by atoms with E-state index in [1.54, 1.807) is 24.2 Å². The number of carbonyl (C=O) groups excluding carboxylic acids is 1. The minimum atomic E-state index is -0.305. The lowest BCUT2D eigenvalue weighted by molar-refractivity contribution is -0.134. The number of rotatable bonds is 3. The molecule has 1 saturated heterocycles. The fourth-order valence-electron chi connectivity index (χ4n) is 1.98. The Labute approximate surface area is 99.9 Å². The summed E-state index contributed by atoms with van der Waals surface area (Å²) in [6, 6.07) is 1.46. The molecule has 1 aromatic heterocycles. The molecule has 0 bridgehead atoms. The van der Waals surface area contributed by atoms with Gasteiger partial charge < -0.3 is 19.5 Å². The van der Waals surface area contributed by atoms with E-state index in [1.807, 2.05) is 6.92 Å². The molecule has 2 atom stereocenters. The first-order valence-corrected chi connectivity index (χ1v) is 5.69. The van der Waals surface area contributed by atoms with Gasteiger partial charge in [-0.2, -0.15) is 0 Å². The summed E-state index contributed by atoms with van der Waals surface area (Å²) in [5.74, 6) is 0.719. The first-order valence-electron chi connectivity index (χ1n) is 5.69. The normalized spacial score (nSPS) is 26.0. The van der Waals surface area contributed by atoms with Gasteiger partial charge in [0.15, 0.2) is 5.76 Å². The lowest BCUT2D eigenvalue weighted by atomic mass is 10.1. The quantitative estimate of drug-likeness (QED) is 0.804. The molecule has 0 saturated carbocycles. The molecule has 2 heterocycles. The van der Waals surface area contributed by atoms with Crippen LogP contribution in [0, 0.1) is 0 Å². The fourth-order valence-corrected chi connectivity index (χ4v) is 1.98. The van der Waals surface area contributed by atoms with Crippen molar-refractivity contribution < 1.29 is 14.1 Å². The van der Waals surface area contributed by atoms with E-state index in [2.05, 4.69) is 10.5 Å². The van der Waals surface area contributed by atoms with Crippen molar-refractivity contribution in [3.8, 4) is 0 Å². The van der Waals surface area contributed by atoms with Crippen LogP contribution >= 0.6 is 0 Å². The maximum Gasteiger partial charge on any atom is 0.242 e. The molecule has 0 spiro atoms. The van der Waals surface area contributed by atoms with Gasteiger partial charge in [0.2, 0.25) is 5.91 Å². The van der Waals surface area contributed by atoms with Crippen LogP contribution in [-0.2, 0) is 16.1 Å². The molecule has 1 aliphatic rings. The van der Waals surface area contributed by atoms with Crippen LogP contribution in [0.2, 0.25) is 0 Å². The van der Waals surface area contributed by atoms with Crippen molar-refractivity contribution in [3.05, 3.63) is 18.0 Å². The van der Waals surface area contributed by atoms with Crippen LogP contribution in [0.25, 0.3) is 0 Å². The fraction of sp³-hybridized carbons (Fsp3) is 0.636. The minimum absolute atomic E-state index is 0.0360. The summed E-state index contributed by atoms with van der Waals surface area (Å²) in [6.45, 7) is 3.45. The van der Waals surface area contributed by atoms with Crippen LogP contribution in [0.1, 0.15) is 12.7 Å². The molecule has 17 heavy (non-hydrogen) atoms. The third-order valence-electron chi connectivity index (χ3n) is 2.94. The van der Waals surface area contributed by atoms with Crippen molar-refractivity contribution in [2.45, 2.75) is 25.6 Å². The zero-order valence-electron chi connectivity index (χ0n) is 10.0. The molecule has 1 fully saturated rings. The smallest absolute Gasteiger partial charge is 0.242 e. The van der Waals surface area contributed by atoms with Crippen LogP contribution in [-0.4, -0.2) is 48.3 Å². The van der Waals surface area contributed by atoms with Crippen molar-refractivity contribution in [2.75, 3.05) is 20.2 Å². The van der Waals surface area contributed by atoms with Crippen molar-refractivity contribution in [2.24, 2.45) is 0 Å². The van der Waals surface area contributed by atoms with Gasteiger partial charge in [0.1, 0.15) is 6.04 Å². The van der Waals surface area contributed by atoms with E-state index in [0.29, 0.717) is 25.5 Å². The van der Waals surface area contributed by atoms with Crippen LogP contribution < -0.4 is 5.32 Å². The van der Waals surface area contributed by atoms with Gasteiger partial charge in [0.25, 0.3) is 0 Å². The highest BCUT2D eigenvalue weighted by molar-refractivity contribution is 5.82. The number of hydrogen-bond donors (Lipinski definition) is 1. The number of nitrogens with zero attached hydrogens (tertiary/aromatic N) is 2. The molecule has 6 heteroatoms. The highest BCUT2D eigenvalue weighted by atomic mass is 16.5. The van der Waals surface area contributed by atoms with Crippen molar-refractivity contribution in [1.29, 1.82) is 0 Å². The molecule has 0 aliphatic carbocycles. The molecule has 1 aromatic rings. The third-order valence-corrected chi connectivity index (χ3v) is 2.94. The Hall–Kier alpha value is -1.40. The molecule has 0 radical (unpaired) electrons. The average molecular weight is 239 g/mol. The number of aromatic nitrogens is 1. The Kier molecular flexibility index (Phi) is 3.75. The predicted octanol–water partition coefficient (Wildman–Crippen LogP) is 0.00990. The standard InChI is InChI=1S/C11H17N3O3/c1-8-10(12-2)11(15)14(5-6-16-8)7-9-3-4-13-17-9/h3-4,8,10,12H,5-7H2,1-2H3. The van der Waals surface area contributed by atoms with Gasteiger partial charge in [0, 0.05) is 12.6 Å². The van der Waals surface area contributed by atoms with Gasteiger partial charge in [-0.05, 0) is 14.0 Å². The maximum absolute atomic E-state index is 12.2. The molecule has 1 aliphatic heterocycles. The summed E-state index contributed by atoms with van der Waals surface area (Å²) in [6.07, 6.45) is 1.46. The Bertz CT molecular complexity index is 366. The highest BCUT2D eigenvalue weighted by Gasteiger charge is 2.31. The molecule has 0 aromatic carbocycles. The topological polar surface area (TPSA) is 67.6 Å². The predicted molar refractivity (Wildman–Crippen MR) is 60.2 cm³/mol. The summed E-state index contributed by atoms with van der Waals surface area (Å²) < 4.78 is 10.6. The molecule has 1 amide bonds. The number of hydrogen-bond acceptors (Lipinski definition) is 5.